The number of rotatable bonds is 4. The normalized spacial score (nSPS) is 11.9. The van der Waals surface area contributed by atoms with Crippen molar-refractivity contribution in [2.45, 2.75) is 13.0 Å². The Morgan fingerprint density at radius 3 is 3.10 bits per heavy atom. The Hall–Kier alpha value is -2.84. The van der Waals surface area contributed by atoms with Crippen LogP contribution in [0.1, 0.15) is 16.2 Å². The molecule has 2 aromatic heterocycles. The van der Waals surface area contributed by atoms with E-state index in [1.165, 1.54) is 12.3 Å². The highest BCUT2D eigenvalue weighted by atomic mass is 32.1. The Kier molecular flexibility index (Phi) is 3.99. The van der Waals surface area contributed by atoms with Crippen molar-refractivity contribution in [3.8, 4) is 6.07 Å². The second kappa shape index (κ2) is 5.87. The van der Waals surface area contributed by atoms with Crippen LogP contribution < -0.4 is 0 Å². The van der Waals surface area contributed by atoms with Crippen LogP contribution >= 0.6 is 11.5 Å². The lowest BCUT2D eigenvalue weighted by Crippen LogP contribution is -2.15. The quantitative estimate of drug-likeness (QED) is 0.488. The van der Waals surface area contributed by atoms with Crippen LogP contribution in [0.3, 0.4) is 0 Å². The monoisotopic (exact) mass is 285 g/mol. The van der Waals surface area contributed by atoms with Gasteiger partial charge in [0.15, 0.2) is 10.8 Å². The van der Waals surface area contributed by atoms with Crippen molar-refractivity contribution in [2.75, 3.05) is 0 Å². The zero-order valence-electron chi connectivity index (χ0n) is 10.3. The first-order valence-corrected chi connectivity index (χ1v) is 6.16. The molecule has 0 aliphatic carbocycles. The van der Waals surface area contributed by atoms with Crippen molar-refractivity contribution in [1.29, 1.82) is 5.26 Å². The molecule has 0 radical (unpaired) electrons. The average molecular weight is 285 g/mol. The Balaban J connectivity index is 2.23. The lowest BCUT2D eigenvalue weighted by molar-refractivity contribution is 0.0952. The molecular weight excluding hydrogens is 278 g/mol. The third-order valence-corrected chi connectivity index (χ3v) is 3.14. The number of Topliss-reactive ketones (excluding diaryl/α,β-unsaturated/α-hetero) is 1. The summed E-state index contributed by atoms with van der Waals surface area (Å²) in [7, 11) is 0. The van der Waals surface area contributed by atoms with E-state index in [1.54, 1.807) is 19.1 Å². The molecule has 0 aliphatic rings. The van der Waals surface area contributed by atoms with Gasteiger partial charge in [0.1, 0.15) is 6.07 Å². The van der Waals surface area contributed by atoms with Crippen LogP contribution in [0.15, 0.2) is 33.0 Å². The zero-order chi connectivity index (χ0) is 14.5. The fourth-order valence-corrected chi connectivity index (χ4v) is 2.02. The molecule has 1 atom stereocenters. The smallest absolute Gasteiger partial charge is 0.247 e. The van der Waals surface area contributed by atoms with Gasteiger partial charge in [0, 0.05) is 0 Å². The summed E-state index contributed by atoms with van der Waals surface area (Å²) in [6.07, 6.45) is 1.34. The summed E-state index contributed by atoms with van der Waals surface area (Å²) in [5, 5.41) is 16.7. The largest absolute Gasteiger partial charge is 0.461 e. The first-order valence-electron chi connectivity index (χ1n) is 5.39. The first kappa shape index (κ1) is 13.6. The van der Waals surface area contributed by atoms with Crippen LogP contribution in [0.4, 0.5) is 10.7 Å². The van der Waals surface area contributed by atoms with Gasteiger partial charge in [-0.25, -0.2) is 9.22 Å². The molecule has 20 heavy (non-hydrogen) atoms. The Labute approximate surface area is 118 Å². The van der Waals surface area contributed by atoms with E-state index in [0.717, 1.165) is 11.5 Å². The summed E-state index contributed by atoms with van der Waals surface area (Å²) >= 11 is 0.994. The third kappa shape index (κ3) is 2.60. The molecule has 2 rings (SSSR count). The highest BCUT2D eigenvalue weighted by molar-refractivity contribution is 7.10. The number of hydrogen-bond donors (Lipinski definition) is 0. The molecule has 2 heterocycles. The van der Waals surface area contributed by atoms with Gasteiger partial charge in [0.2, 0.25) is 17.5 Å². The SMILES string of the molecule is [C-]#[N+]c1c(C)nsc1N=NC(C#N)C(=O)c1ccco1. The first-order chi connectivity index (χ1) is 9.67. The number of aromatic nitrogens is 1. The molecular formula is C12H7N5O2S. The maximum Gasteiger partial charge on any atom is 0.247 e. The predicted molar refractivity (Wildman–Crippen MR) is 70.1 cm³/mol. The molecule has 0 spiro atoms. The summed E-state index contributed by atoms with van der Waals surface area (Å²) < 4.78 is 8.89. The average Bonchev–Trinajstić information content (AvgIpc) is 3.09. The Bertz CT molecular complexity index is 733. The molecule has 1 unspecified atom stereocenters. The van der Waals surface area contributed by atoms with Crippen molar-refractivity contribution in [1.82, 2.24) is 4.37 Å². The summed E-state index contributed by atoms with van der Waals surface area (Å²) in [6.45, 7) is 8.69. The summed E-state index contributed by atoms with van der Waals surface area (Å²) in [5.41, 5.74) is 0.825. The van der Waals surface area contributed by atoms with Crippen LogP contribution in [0.2, 0.25) is 0 Å². The van der Waals surface area contributed by atoms with Crippen LogP contribution in [-0.4, -0.2) is 16.2 Å². The number of aryl methyl sites for hydroxylation is 1. The standard InChI is InChI=1S/C12H7N5O2S/c1-7-10(14-2)12(20-17-7)16-15-8(6-13)11(18)9-4-3-5-19-9/h3-5,8H,1H3. The molecule has 0 fully saturated rings. The Morgan fingerprint density at radius 1 is 1.70 bits per heavy atom. The molecule has 0 aromatic carbocycles. The van der Waals surface area contributed by atoms with E-state index in [-0.39, 0.29) is 16.4 Å². The van der Waals surface area contributed by atoms with E-state index in [1.807, 2.05) is 0 Å². The van der Waals surface area contributed by atoms with Gasteiger partial charge >= 0.3 is 0 Å². The Morgan fingerprint density at radius 2 is 2.50 bits per heavy atom. The molecule has 0 aliphatic heterocycles. The van der Waals surface area contributed by atoms with E-state index < -0.39 is 11.8 Å². The molecule has 7 nitrogen and oxygen atoms in total. The number of carbonyl (C=O) groups is 1. The molecule has 0 bridgehead atoms. The summed E-state index contributed by atoms with van der Waals surface area (Å²) in [4.78, 5) is 15.2. The maximum absolute atomic E-state index is 11.9. The van der Waals surface area contributed by atoms with Gasteiger partial charge in [0.25, 0.3) is 0 Å². The van der Waals surface area contributed by atoms with E-state index in [9.17, 15) is 4.79 Å². The minimum Gasteiger partial charge on any atom is -0.461 e. The van der Waals surface area contributed by atoms with Gasteiger partial charge in [-0.3, -0.25) is 4.79 Å². The summed E-state index contributed by atoms with van der Waals surface area (Å²) in [6, 6.07) is 3.43. The molecule has 2 aromatic rings. The van der Waals surface area contributed by atoms with Gasteiger partial charge in [-0.1, -0.05) is 0 Å². The third-order valence-electron chi connectivity index (χ3n) is 2.32. The van der Waals surface area contributed by atoms with Crippen LogP contribution in [0, 0.1) is 24.8 Å². The van der Waals surface area contributed by atoms with Crippen molar-refractivity contribution in [3.05, 3.63) is 41.3 Å². The highest BCUT2D eigenvalue weighted by Gasteiger charge is 2.22. The molecule has 0 N–H and O–H groups in total. The fraction of sp³-hybridized carbons (Fsp3) is 0.167. The van der Waals surface area contributed by atoms with Crippen LogP contribution in [0.5, 0.6) is 0 Å². The molecule has 0 amide bonds. The fourth-order valence-electron chi connectivity index (χ4n) is 1.35. The second-order valence-electron chi connectivity index (χ2n) is 3.62. The molecule has 8 heteroatoms. The van der Waals surface area contributed by atoms with Crippen LogP contribution in [0.25, 0.3) is 4.85 Å². The van der Waals surface area contributed by atoms with Gasteiger partial charge in [0.05, 0.1) is 18.5 Å². The lowest BCUT2D eigenvalue weighted by atomic mass is 10.2. The van der Waals surface area contributed by atoms with Crippen LogP contribution in [-0.2, 0) is 0 Å². The lowest BCUT2D eigenvalue weighted by Gasteiger charge is -1.97. The van der Waals surface area contributed by atoms with Crippen molar-refractivity contribution in [3.63, 3.8) is 0 Å². The van der Waals surface area contributed by atoms with Gasteiger partial charge in [-0.15, -0.1) is 0 Å². The maximum atomic E-state index is 11.9. The van der Waals surface area contributed by atoms with E-state index >= 15 is 0 Å². The highest BCUT2D eigenvalue weighted by Crippen LogP contribution is 2.35. The number of nitrogens with zero attached hydrogens (tertiary/aromatic N) is 5. The number of azo groups is 1. The van der Waals surface area contributed by atoms with Crippen molar-refractivity contribution < 1.29 is 9.21 Å². The van der Waals surface area contributed by atoms with E-state index in [2.05, 4.69) is 19.4 Å². The van der Waals surface area contributed by atoms with E-state index in [0.29, 0.717) is 5.69 Å². The number of ketones is 1. The van der Waals surface area contributed by atoms with E-state index in [4.69, 9.17) is 16.3 Å². The van der Waals surface area contributed by atoms with Gasteiger partial charge in [-0.05, 0) is 30.6 Å². The summed E-state index contributed by atoms with van der Waals surface area (Å²) in [5.74, 6) is -0.534. The van der Waals surface area contributed by atoms with Crippen molar-refractivity contribution >= 4 is 28.0 Å². The number of nitriles is 1. The second-order valence-corrected chi connectivity index (χ2v) is 4.37. The van der Waals surface area contributed by atoms with Crippen molar-refractivity contribution in [2.24, 2.45) is 10.2 Å². The predicted octanol–water partition coefficient (Wildman–Crippen LogP) is 3.45. The number of carbonyl (C=O) groups excluding carboxylic acids is 1. The van der Waals surface area contributed by atoms with Gasteiger partial charge in [-0.2, -0.15) is 15.5 Å². The molecule has 0 saturated heterocycles. The van der Waals surface area contributed by atoms with Gasteiger partial charge < -0.3 is 4.42 Å². The number of furan rings is 1. The molecule has 0 saturated carbocycles. The minimum atomic E-state index is -1.30. The molecule has 98 valence electrons. The topological polar surface area (TPSA) is 96.0 Å². The number of hydrogen-bond acceptors (Lipinski definition) is 7. The minimum absolute atomic E-state index is 0.0430. The zero-order valence-corrected chi connectivity index (χ0v) is 11.1.